The van der Waals surface area contributed by atoms with Gasteiger partial charge in [0, 0.05) is 18.3 Å². The molecule has 2 N–H and O–H groups in total. The minimum atomic E-state index is -3.74. The van der Waals surface area contributed by atoms with Crippen LogP contribution < -0.4 is 19.5 Å². The lowest BCUT2D eigenvalue weighted by Crippen LogP contribution is -2.36. The Morgan fingerprint density at radius 3 is 2.42 bits per heavy atom. The molecule has 3 rings (SSSR count). The van der Waals surface area contributed by atoms with Crippen LogP contribution in [0.3, 0.4) is 0 Å². The van der Waals surface area contributed by atoms with E-state index in [1.54, 1.807) is 31.2 Å². The van der Waals surface area contributed by atoms with Crippen molar-refractivity contribution in [3.05, 3.63) is 41.5 Å². The summed E-state index contributed by atoms with van der Waals surface area (Å²) in [6, 6.07) is 8.58. The molecule has 0 amide bonds. The number of aryl methyl sites for hydroxylation is 1. The molecular weight excluding hydrogens is 376 g/mol. The van der Waals surface area contributed by atoms with Gasteiger partial charge in [-0.1, -0.05) is 6.07 Å². The van der Waals surface area contributed by atoms with Crippen LogP contribution in [0.5, 0.6) is 11.5 Å². The minimum Gasteiger partial charge on any atom is -0.493 e. The Hall–Kier alpha value is -2.12. The maximum absolute atomic E-state index is 13.3. The summed E-state index contributed by atoms with van der Waals surface area (Å²) in [7, 11) is -0.729. The number of nitrogen functional groups attached to an aromatic ring is 1. The summed E-state index contributed by atoms with van der Waals surface area (Å²) in [5, 5.41) is 0. The lowest BCUT2D eigenvalue weighted by Gasteiger charge is -2.31. The van der Waals surface area contributed by atoms with Gasteiger partial charge < -0.3 is 15.2 Å². The van der Waals surface area contributed by atoms with E-state index in [0.717, 1.165) is 18.4 Å². The van der Waals surface area contributed by atoms with Gasteiger partial charge in [-0.05, 0) is 49.1 Å². The summed E-state index contributed by atoms with van der Waals surface area (Å²) in [5.74, 6) is 0.888. The van der Waals surface area contributed by atoms with Crippen LogP contribution in [-0.4, -0.2) is 29.2 Å². The largest absolute Gasteiger partial charge is 0.493 e. The lowest BCUT2D eigenvalue weighted by atomic mass is 10.0. The number of hydrogen-bond acceptors (Lipinski definition) is 5. The number of ether oxygens (including phenoxy) is 2. The van der Waals surface area contributed by atoms with Crippen LogP contribution in [0.25, 0.3) is 0 Å². The lowest BCUT2D eigenvalue weighted by molar-refractivity contribution is 0.353. The molecule has 0 bridgehead atoms. The molecule has 0 atom stereocenters. The molecule has 0 spiro atoms. The molecule has 0 aliphatic carbocycles. The Morgan fingerprint density at radius 2 is 1.77 bits per heavy atom. The van der Waals surface area contributed by atoms with Crippen LogP contribution >= 0.6 is 12.4 Å². The van der Waals surface area contributed by atoms with Crippen molar-refractivity contribution in [3.63, 3.8) is 0 Å². The molecule has 142 valence electrons. The quantitative estimate of drug-likeness (QED) is 0.800. The van der Waals surface area contributed by atoms with Gasteiger partial charge in [-0.3, -0.25) is 4.31 Å². The minimum absolute atomic E-state index is 0. The van der Waals surface area contributed by atoms with Gasteiger partial charge in [0.05, 0.1) is 24.8 Å². The second kappa shape index (κ2) is 7.63. The average Bonchev–Trinajstić information content (AvgIpc) is 2.61. The molecule has 2 aromatic rings. The summed E-state index contributed by atoms with van der Waals surface area (Å²) >= 11 is 0. The summed E-state index contributed by atoms with van der Waals surface area (Å²) in [6.45, 7) is 2.17. The van der Waals surface area contributed by atoms with Gasteiger partial charge in [0.1, 0.15) is 0 Å². The number of nitrogens with two attached hydrogens (primary N) is 1. The van der Waals surface area contributed by atoms with Crippen LogP contribution in [-0.2, 0) is 16.4 Å². The zero-order valence-electron chi connectivity index (χ0n) is 15.0. The third-order valence-corrected chi connectivity index (χ3v) is 6.45. The van der Waals surface area contributed by atoms with E-state index in [2.05, 4.69) is 0 Å². The summed E-state index contributed by atoms with van der Waals surface area (Å²) in [6.07, 6.45) is 1.51. The topological polar surface area (TPSA) is 81.9 Å². The van der Waals surface area contributed by atoms with Crippen molar-refractivity contribution in [3.8, 4) is 11.5 Å². The Kier molecular flexibility index (Phi) is 5.93. The molecule has 0 unspecified atom stereocenters. The Morgan fingerprint density at radius 1 is 1.12 bits per heavy atom. The van der Waals surface area contributed by atoms with E-state index >= 15 is 0 Å². The smallest absolute Gasteiger partial charge is 0.264 e. The van der Waals surface area contributed by atoms with E-state index in [1.807, 2.05) is 0 Å². The van der Waals surface area contributed by atoms with Crippen molar-refractivity contribution in [2.45, 2.75) is 24.7 Å². The fourth-order valence-electron chi connectivity index (χ4n) is 3.23. The van der Waals surface area contributed by atoms with Crippen LogP contribution in [0.4, 0.5) is 11.4 Å². The zero-order chi connectivity index (χ0) is 18.2. The third kappa shape index (κ3) is 3.29. The first kappa shape index (κ1) is 20.2. The maximum Gasteiger partial charge on any atom is 0.264 e. The summed E-state index contributed by atoms with van der Waals surface area (Å²) < 4.78 is 38.6. The second-order valence-corrected chi connectivity index (χ2v) is 7.83. The predicted molar refractivity (Wildman–Crippen MR) is 105 cm³/mol. The van der Waals surface area contributed by atoms with E-state index in [1.165, 1.54) is 24.6 Å². The van der Waals surface area contributed by atoms with Gasteiger partial charge in [-0.15, -0.1) is 12.4 Å². The summed E-state index contributed by atoms with van der Waals surface area (Å²) in [5.41, 5.74) is 8.81. The highest BCUT2D eigenvalue weighted by molar-refractivity contribution is 7.92. The standard InChI is InChI=1S/C18H22N2O4S.ClH/c1-12-10-16(23-2)17(24-3)11-18(12)25(21,22)20-9-5-6-13-14(19)7-4-8-15(13)20;/h4,7-8,10-11H,5-6,9,19H2,1-3H3;1H. The first-order valence-corrected chi connectivity index (χ1v) is 9.47. The number of methoxy groups -OCH3 is 2. The van der Waals surface area contributed by atoms with Crippen molar-refractivity contribution in [1.29, 1.82) is 0 Å². The number of anilines is 2. The monoisotopic (exact) mass is 398 g/mol. The molecule has 0 saturated carbocycles. The fraction of sp³-hybridized carbons (Fsp3) is 0.333. The number of nitrogens with zero attached hydrogens (tertiary/aromatic N) is 1. The highest BCUT2D eigenvalue weighted by Gasteiger charge is 2.31. The van der Waals surface area contributed by atoms with E-state index in [0.29, 0.717) is 35.0 Å². The molecule has 6 nitrogen and oxygen atoms in total. The molecule has 0 fully saturated rings. The van der Waals surface area contributed by atoms with Gasteiger partial charge in [0.15, 0.2) is 11.5 Å². The number of hydrogen-bond donors (Lipinski definition) is 1. The van der Waals surface area contributed by atoms with Crippen molar-refractivity contribution in [1.82, 2.24) is 0 Å². The average molecular weight is 399 g/mol. The Balaban J connectivity index is 0.00000243. The molecule has 1 aliphatic rings. The molecule has 1 heterocycles. The van der Waals surface area contributed by atoms with Crippen LogP contribution in [0.1, 0.15) is 17.5 Å². The molecule has 26 heavy (non-hydrogen) atoms. The van der Waals surface area contributed by atoms with Gasteiger partial charge in [-0.2, -0.15) is 0 Å². The second-order valence-electron chi connectivity index (χ2n) is 6.00. The van der Waals surface area contributed by atoms with Crippen molar-refractivity contribution < 1.29 is 17.9 Å². The number of benzene rings is 2. The molecule has 2 aromatic carbocycles. The van der Waals surface area contributed by atoms with E-state index in [-0.39, 0.29) is 17.3 Å². The number of halogens is 1. The highest BCUT2D eigenvalue weighted by Crippen LogP contribution is 2.38. The van der Waals surface area contributed by atoms with E-state index in [9.17, 15) is 8.42 Å². The number of fused-ring (bicyclic) bond motifs is 1. The molecule has 1 aliphatic heterocycles. The third-order valence-electron chi connectivity index (χ3n) is 4.49. The SMILES string of the molecule is COc1cc(C)c(S(=O)(=O)N2CCCc3c(N)cccc32)cc1OC.Cl. The normalized spacial score (nSPS) is 13.6. The van der Waals surface area contributed by atoms with E-state index in [4.69, 9.17) is 15.2 Å². The molecule has 0 saturated heterocycles. The molecular formula is C18H23ClN2O4S. The molecule has 8 heteroatoms. The summed E-state index contributed by atoms with van der Waals surface area (Å²) in [4.78, 5) is 0.209. The predicted octanol–water partition coefficient (Wildman–Crippen LogP) is 3.16. The highest BCUT2D eigenvalue weighted by atomic mass is 35.5. The van der Waals surface area contributed by atoms with Crippen molar-refractivity contribution in [2.75, 3.05) is 30.8 Å². The van der Waals surface area contributed by atoms with Gasteiger partial charge in [0.25, 0.3) is 10.0 Å². The first-order valence-electron chi connectivity index (χ1n) is 8.03. The van der Waals surface area contributed by atoms with E-state index < -0.39 is 10.0 Å². The first-order chi connectivity index (χ1) is 11.9. The van der Waals surface area contributed by atoms with Gasteiger partial charge in [0.2, 0.25) is 0 Å². The van der Waals surface area contributed by atoms with Crippen molar-refractivity contribution in [2.24, 2.45) is 0 Å². The zero-order valence-corrected chi connectivity index (χ0v) is 16.6. The maximum atomic E-state index is 13.3. The molecule has 0 aromatic heterocycles. The van der Waals surface area contributed by atoms with Gasteiger partial charge in [-0.25, -0.2) is 8.42 Å². The molecule has 0 radical (unpaired) electrons. The van der Waals surface area contributed by atoms with Crippen LogP contribution in [0.15, 0.2) is 35.2 Å². The fourth-order valence-corrected chi connectivity index (χ4v) is 4.98. The Bertz CT molecular complexity index is 916. The van der Waals surface area contributed by atoms with Crippen LogP contribution in [0.2, 0.25) is 0 Å². The van der Waals surface area contributed by atoms with Gasteiger partial charge >= 0.3 is 0 Å². The number of rotatable bonds is 4. The van der Waals surface area contributed by atoms with Crippen molar-refractivity contribution >= 4 is 33.8 Å². The van der Waals surface area contributed by atoms with Crippen LogP contribution in [0, 0.1) is 6.92 Å². The Labute approximate surface area is 160 Å². The number of sulfonamides is 1.